The zero-order chi connectivity index (χ0) is 15.3. The lowest BCUT2D eigenvalue weighted by atomic mass is 10.1. The van der Waals surface area contributed by atoms with E-state index in [-0.39, 0.29) is 17.9 Å². The molecule has 2 heterocycles. The standard InChI is InChI=1S/C16H11BrFN3O/c17-10-6-5-9(7-11(10)18)8-13-15-19-12-3-1-2-4-14(12)21(15)16(22)20-13/h1-7,13H,8H2,(H,20,22). The van der Waals surface area contributed by atoms with Gasteiger partial charge in [-0.15, -0.1) is 0 Å². The molecular weight excluding hydrogens is 349 g/mol. The number of halogens is 2. The lowest BCUT2D eigenvalue weighted by molar-refractivity contribution is 0.245. The molecule has 1 aliphatic heterocycles. The largest absolute Gasteiger partial charge is 0.328 e. The first-order valence-electron chi connectivity index (χ1n) is 6.85. The predicted molar refractivity (Wildman–Crippen MR) is 84.2 cm³/mol. The van der Waals surface area contributed by atoms with Crippen LogP contribution in [0.3, 0.4) is 0 Å². The van der Waals surface area contributed by atoms with Gasteiger partial charge in [0.25, 0.3) is 0 Å². The number of rotatable bonds is 2. The highest BCUT2D eigenvalue weighted by molar-refractivity contribution is 9.10. The Balaban J connectivity index is 1.74. The van der Waals surface area contributed by atoms with E-state index < -0.39 is 0 Å². The van der Waals surface area contributed by atoms with Crippen molar-refractivity contribution in [3.8, 4) is 0 Å². The van der Waals surface area contributed by atoms with E-state index in [4.69, 9.17) is 0 Å². The molecule has 1 atom stereocenters. The maximum Gasteiger partial charge on any atom is 0.328 e. The average molecular weight is 360 g/mol. The number of nitrogens with one attached hydrogen (secondary N) is 1. The first-order valence-corrected chi connectivity index (χ1v) is 7.65. The van der Waals surface area contributed by atoms with Gasteiger partial charge in [-0.2, -0.15) is 0 Å². The molecular formula is C16H11BrFN3O. The fourth-order valence-electron chi connectivity index (χ4n) is 2.81. The predicted octanol–water partition coefficient (Wildman–Crippen LogP) is 3.79. The van der Waals surface area contributed by atoms with Crippen LogP contribution in [0.25, 0.3) is 11.0 Å². The molecule has 3 aromatic rings. The number of imidazole rings is 1. The number of fused-ring (bicyclic) bond motifs is 3. The van der Waals surface area contributed by atoms with Gasteiger partial charge in [-0.25, -0.2) is 18.7 Å². The van der Waals surface area contributed by atoms with Crippen molar-refractivity contribution in [1.29, 1.82) is 0 Å². The van der Waals surface area contributed by atoms with Crippen molar-refractivity contribution < 1.29 is 9.18 Å². The zero-order valence-corrected chi connectivity index (χ0v) is 13.0. The van der Waals surface area contributed by atoms with Crippen LogP contribution in [-0.2, 0) is 6.42 Å². The van der Waals surface area contributed by atoms with Gasteiger partial charge in [0, 0.05) is 6.42 Å². The van der Waals surface area contributed by atoms with Crippen LogP contribution >= 0.6 is 15.9 Å². The van der Waals surface area contributed by atoms with E-state index in [9.17, 15) is 9.18 Å². The number of hydrogen-bond donors (Lipinski definition) is 1. The van der Waals surface area contributed by atoms with Gasteiger partial charge in [0.15, 0.2) is 0 Å². The van der Waals surface area contributed by atoms with Crippen molar-refractivity contribution in [2.75, 3.05) is 0 Å². The molecule has 0 bridgehead atoms. The van der Waals surface area contributed by atoms with E-state index in [1.54, 1.807) is 10.6 Å². The lowest BCUT2D eigenvalue weighted by Crippen LogP contribution is -2.22. The number of aromatic nitrogens is 2. The van der Waals surface area contributed by atoms with Gasteiger partial charge in [0.2, 0.25) is 0 Å². The second-order valence-electron chi connectivity index (χ2n) is 5.25. The lowest BCUT2D eigenvalue weighted by Gasteiger charge is -2.09. The number of nitrogens with zero attached hydrogens (tertiary/aromatic N) is 2. The highest BCUT2D eigenvalue weighted by atomic mass is 79.9. The zero-order valence-electron chi connectivity index (χ0n) is 11.4. The van der Waals surface area contributed by atoms with Gasteiger partial charge >= 0.3 is 6.03 Å². The van der Waals surface area contributed by atoms with Crippen molar-refractivity contribution in [2.24, 2.45) is 0 Å². The molecule has 1 aliphatic rings. The summed E-state index contributed by atoms with van der Waals surface area (Å²) in [4.78, 5) is 16.7. The Morgan fingerprint density at radius 3 is 2.91 bits per heavy atom. The molecule has 1 aromatic heterocycles. The molecule has 0 saturated heterocycles. The summed E-state index contributed by atoms with van der Waals surface area (Å²) in [6, 6.07) is 12.1. The normalized spacial score (nSPS) is 16.8. The fourth-order valence-corrected chi connectivity index (χ4v) is 3.06. The number of benzene rings is 2. The van der Waals surface area contributed by atoms with Gasteiger partial charge in [-0.1, -0.05) is 18.2 Å². The third-order valence-corrected chi connectivity index (χ3v) is 4.47. The van der Waals surface area contributed by atoms with Crippen molar-refractivity contribution in [3.05, 3.63) is 64.1 Å². The summed E-state index contributed by atoms with van der Waals surface area (Å²) in [6.07, 6.45) is 0.499. The Morgan fingerprint density at radius 1 is 1.27 bits per heavy atom. The Bertz CT molecular complexity index is 906. The topological polar surface area (TPSA) is 46.9 Å². The van der Waals surface area contributed by atoms with Crippen LogP contribution in [0.15, 0.2) is 46.9 Å². The number of amides is 1. The molecule has 0 spiro atoms. The van der Waals surface area contributed by atoms with Crippen molar-refractivity contribution >= 4 is 33.0 Å². The molecule has 1 amide bonds. The quantitative estimate of drug-likeness (QED) is 0.756. The molecule has 6 heteroatoms. The third kappa shape index (κ3) is 2.02. The fraction of sp³-hybridized carbons (Fsp3) is 0.125. The van der Waals surface area contributed by atoms with Crippen LogP contribution in [0.5, 0.6) is 0 Å². The van der Waals surface area contributed by atoms with Crippen LogP contribution in [-0.4, -0.2) is 15.6 Å². The monoisotopic (exact) mass is 359 g/mol. The molecule has 1 unspecified atom stereocenters. The second-order valence-corrected chi connectivity index (χ2v) is 6.10. The highest BCUT2D eigenvalue weighted by Crippen LogP contribution is 2.28. The highest BCUT2D eigenvalue weighted by Gasteiger charge is 2.32. The number of carbonyl (C=O) groups excluding carboxylic acids is 1. The summed E-state index contributed by atoms with van der Waals surface area (Å²) in [5.74, 6) is 0.366. The minimum absolute atomic E-state index is 0.189. The summed E-state index contributed by atoms with van der Waals surface area (Å²) in [6.45, 7) is 0. The molecule has 22 heavy (non-hydrogen) atoms. The van der Waals surface area contributed by atoms with Crippen LogP contribution in [0.2, 0.25) is 0 Å². The van der Waals surface area contributed by atoms with Crippen LogP contribution < -0.4 is 5.32 Å². The van der Waals surface area contributed by atoms with E-state index in [1.807, 2.05) is 30.3 Å². The van der Waals surface area contributed by atoms with E-state index in [2.05, 4.69) is 26.2 Å². The summed E-state index contributed by atoms with van der Waals surface area (Å²) in [7, 11) is 0. The molecule has 0 saturated carbocycles. The van der Waals surface area contributed by atoms with Gasteiger partial charge in [-0.3, -0.25) is 0 Å². The number of carbonyl (C=O) groups is 1. The van der Waals surface area contributed by atoms with Gasteiger partial charge in [0.05, 0.1) is 21.5 Å². The van der Waals surface area contributed by atoms with E-state index >= 15 is 0 Å². The van der Waals surface area contributed by atoms with Gasteiger partial charge in [0.1, 0.15) is 11.6 Å². The molecule has 1 N–H and O–H groups in total. The van der Waals surface area contributed by atoms with E-state index in [0.717, 1.165) is 16.6 Å². The summed E-state index contributed by atoms with van der Waals surface area (Å²) >= 11 is 3.14. The van der Waals surface area contributed by atoms with Crippen molar-refractivity contribution in [3.63, 3.8) is 0 Å². The Morgan fingerprint density at radius 2 is 2.09 bits per heavy atom. The first-order chi connectivity index (χ1) is 10.6. The first kappa shape index (κ1) is 13.5. The SMILES string of the molecule is O=C1NC(Cc2ccc(Br)c(F)c2)c2nc3ccccc3n21. The molecule has 4 rings (SSSR count). The van der Waals surface area contributed by atoms with Gasteiger partial charge < -0.3 is 5.32 Å². The third-order valence-electron chi connectivity index (χ3n) is 3.82. The minimum atomic E-state index is -0.310. The molecule has 0 fully saturated rings. The van der Waals surface area contributed by atoms with Crippen LogP contribution in [0.4, 0.5) is 9.18 Å². The Hall–Kier alpha value is -2.21. The second kappa shape index (κ2) is 4.91. The summed E-state index contributed by atoms with van der Waals surface area (Å²) in [5, 5.41) is 2.90. The summed E-state index contributed by atoms with van der Waals surface area (Å²) in [5.41, 5.74) is 2.39. The van der Waals surface area contributed by atoms with Crippen molar-refractivity contribution in [1.82, 2.24) is 14.9 Å². The molecule has 0 aliphatic carbocycles. The summed E-state index contributed by atoms with van der Waals surface area (Å²) < 4.78 is 15.7. The molecule has 2 aromatic carbocycles. The molecule has 4 nitrogen and oxygen atoms in total. The smallest absolute Gasteiger partial charge is 0.327 e. The molecule has 110 valence electrons. The van der Waals surface area contributed by atoms with Crippen LogP contribution in [0, 0.1) is 5.82 Å². The Kier molecular flexibility index (Phi) is 3.00. The van der Waals surface area contributed by atoms with Gasteiger partial charge in [-0.05, 0) is 45.8 Å². The molecule has 0 radical (unpaired) electrons. The maximum atomic E-state index is 13.6. The van der Waals surface area contributed by atoms with E-state index in [1.165, 1.54) is 6.07 Å². The minimum Gasteiger partial charge on any atom is -0.327 e. The van der Waals surface area contributed by atoms with Crippen LogP contribution in [0.1, 0.15) is 17.4 Å². The van der Waals surface area contributed by atoms with Crippen molar-refractivity contribution in [2.45, 2.75) is 12.5 Å². The Labute approximate surface area is 134 Å². The maximum absolute atomic E-state index is 13.6. The average Bonchev–Trinajstić information content (AvgIpc) is 3.02. The number of hydrogen-bond acceptors (Lipinski definition) is 2. The van der Waals surface area contributed by atoms with E-state index in [0.29, 0.717) is 16.7 Å². The number of para-hydroxylation sites is 2.